The van der Waals surface area contributed by atoms with Gasteiger partial charge in [0.2, 0.25) is 5.91 Å². The summed E-state index contributed by atoms with van der Waals surface area (Å²) >= 11 is 1.39. The molecule has 2 aliphatic heterocycles. The van der Waals surface area contributed by atoms with E-state index in [1.165, 1.54) is 22.7 Å². The minimum atomic E-state index is -0.761. The Labute approximate surface area is 304 Å². The fourth-order valence-electron chi connectivity index (χ4n) is 6.13. The highest BCUT2D eigenvalue weighted by Gasteiger charge is 2.52. The number of carbonyl (C=O) groups is 3. The van der Waals surface area contributed by atoms with Gasteiger partial charge in [0.15, 0.2) is 12.2 Å². The van der Waals surface area contributed by atoms with Gasteiger partial charge in [-0.3, -0.25) is 19.3 Å². The van der Waals surface area contributed by atoms with Gasteiger partial charge in [-0.15, -0.1) is 24.2 Å². The molecule has 3 heterocycles. The Balaban J connectivity index is 0.00000448. The van der Waals surface area contributed by atoms with Gasteiger partial charge >= 0.3 is 11.9 Å². The third-order valence-electron chi connectivity index (χ3n) is 8.58. The second-order valence-corrected chi connectivity index (χ2v) is 13.0. The number of hydrogen-bond acceptors (Lipinski definition) is 9. The summed E-state index contributed by atoms with van der Waals surface area (Å²) in [4.78, 5) is 54.8. The highest BCUT2D eigenvalue weighted by atomic mass is 35.5. The largest absolute Gasteiger partial charge is 0.452 e. The summed E-state index contributed by atoms with van der Waals surface area (Å²) in [5, 5.41) is -0.443. The number of rotatable bonds is 11. The fraction of sp³-hybridized carbons (Fsp3) is 0.179. The standard InChI is InChI=1S/C39H33N3O7S.ClH/c40-33-37(45)42-34(39(46)48-36(27-17-9-3-10-18-27)28-19-11-4-12-20-28)29(24-50-38(33)42)23-41-31(43)21-30(49-41)22-32(44)47-35(25-13-5-1-6-14-25)26-15-7-2-8-16-26;/h1-21,33,35-36,38H,22-24,40H2;1H/t33?,38-;/m1./s1. The molecule has 0 bridgehead atoms. The van der Waals surface area contributed by atoms with Crippen LogP contribution in [0, 0.1) is 0 Å². The van der Waals surface area contributed by atoms with Crippen molar-refractivity contribution in [3.8, 4) is 0 Å². The number of nitrogens with zero attached hydrogens (tertiary/aromatic N) is 2. The number of halogens is 1. The molecule has 1 saturated heterocycles. The molecule has 2 aliphatic rings. The van der Waals surface area contributed by atoms with Crippen LogP contribution in [-0.4, -0.2) is 44.7 Å². The lowest BCUT2D eigenvalue weighted by molar-refractivity contribution is -0.153. The van der Waals surface area contributed by atoms with Crippen molar-refractivity contribution in [3.63, 3.8) is 0 Å². The minimum Gasteiger partial charge on any atom is -0.452 e. The molecule has 1 unspecified atom stereocenters. The highest BCUT2D eigenvalue weighted by Crippen LogP contribution is 2.41. The lowest BCUT2D eigenvalue weighted by atomic mass is 10.0. The summed E-state index contributed by atoms with van der Waals surface area (Å²) in [6.07, 6.45) is -1.70. The summed E-state index contributed by atoms with van der Waals surface area (Å²) in [7, 11) is 0. The van der Waals surface area contributed by atoms with E-state index >= 15 is 0 Å². The predicted molar refractivity (Wildman–Crippen MR) is 194 cm³/mol. The first-order chi connectivity index (χ1) is 24.4. The van der Waals surface area contributed by atoms with E-state index in [4.69, 9.17) is 19.7 Å². The number of hydrogen-bond donors (Lipinski definition) is 1. The van der Waals surface area contributed by atoms with Crippen molar-refractivity contribution in [3.05, 3.63) is 177 Å². The monoisotopic (exact) mass is 723 g/mol. The maximum Gasteiger partial charge on any atom is 0.356 e. The predicted octanol–water partition coefficient (Wildman–Crippen LogP) is 5.57. The van der Waals surface area contributed by atoms with Gasteiger partial charge in [0, 0.05) is 11.8 Å². The minimum absolute atomic E-state index is 0. The number of esters is 2. The normalized spacial score (nSPS) is 16.7. The smallest absolute Gasteiger partial charge is 0.356 e. The van der Waals surface area contributed by atoms with E-state index in [2.05, 4.69) is 0 Å². The van der Waals surface area contributed by atoms with E-state index in [0.717, 1.165) is 27.0 Å². The summed E-state index contributed by atoms with van der Waals surface area (Å²) in [5.74, 6) is -1.32. The van der Waals surface area contributed by atoms with Crippen LogP contribution in [0.3, 0.4) is 0 Å². The highest BCUT2D eigenvalue weighted by molar-refractivity contribution is 8.00. The zero-order chi connectivity index (χ0) is 34.6. The molecule has 260 valence electrons. The Morgan fingerprint density at radius 2 is 1.24 bits per heavy atom. The van der Waals surface area contributed by atoms with Crippen LogP contribution in [0.2, 0.25) is 0 Å². The number of benzene rings is 4. The van der Waals surface area contributed by atoms with Gasteiger partial charge < -0.3 is 19.7 Å². The quantitative estimate of drug-likeness (QED) is 0.137. The number of aromatic nitrogens is 1. The third-order valence-corrected chi connectivity index (χ3v) is 9.94. The van der Waals surface area contributed by atoms with Crippen LogP contribution in [0.4, 0.5) is 0 Å². The van der Waals surface area contributed by atoms with Gasteiger partial charge in [-0.25, -0.2) is 4.79 Å². The average Bonchev–Trinajstić information content (AvgIpc) is 3.50. The van der Waals surface area contributed by atoms with Gasteiger partial charge in [-0.05, 0) is 27.8 Å². The van der Waals surface area contributed by atoms with Crippen molar-refractivity contribution in [2.45, 2.75) is 36.6 Å². The fourth-order valence-corrected chi connectivity index (χ4v) is 7.41. The molecule has 0 spiro atoms. The molecule has 4 aromatic carbocycles. The van der Waals surface area contributed by atoms with Crippen molar-refractivity contribution >= 4 is 42.0 Å². The number of fused-ring (bicyclic) bond motifs is 1. The van der Waals surface area contributed by atoms with Gasteiger partial charge in [0.1, 0.15) is 29.3 Å². The first-order valence-electron chi connectivity index (χ1n) is 16.1. The van der Waals surface area contributed by atoms with Crippen molar-refractivity contribution in [1.29, 1.82) is 0 Å². The molecule has 2 atom stereocenters. The number of amides is 1. The number of carbonyl (C=O) groups excluding carboxylic acids is 3. The van der Waals surface area contributed by atoms with E-state index in [9.17, 15) is 19.2 Å². The lowest BCUT2D eigenvalue weighted by Gasteiger charge is -2.48. The Bertz CT molecular complexity index is 2010. The summed E-state index contributed by atoms with van der Waals surface area (Å²) in [6, 6.07) is 37.8. The number of ether oxygens (including phenoxy) is 2. The van der Waals surface area contributed by atoms with Crippen LogP contribution < -0.4 is 11.3 Å². The van der Waals surface area contributed by atoms with Crippen LogP contribution in [0.5, 0.6) is 0 Å². The molecule has 10 nitrogen and oxygen atoms in total. The molecule has 1 fully saturated rings. The van der Waals surface area contributed by atoms with Crippen LogP contribution in [0.25, 0.3) is 0 Å². The summed E-state index contributed by atoms with van der Waals surface area (Å²) in [5.41, 5.74) is 9.18. The van der Waals surface area contributed by atoms with Gasteiger partial charge in [-0.2, -0.15) is 4.74 Å². The molecule has 51 heavy (non-hydrogen) atoms. The van der Waals surface area contributed by atoms with E-state index < -0.39 is 47.0 Å². The first kappa shape index (κ1) is 35.5. The molecule has 0 radical (unpaired) electrons. The van der Waals surface area contributed by atoms with Crippen molar-refractivity contribution in [2.24, 2.45) is 5.73 Å². The van der Waals surface area contributed by atoms with Crippen LogP contribution in [-0.2, 0) is 36.8 Å². The molecular weight excluding hydrogens is 690 g/mol. The average molecular weight is 724 g/mol. The van der Waals surface area contributed by atoms with Gasteiger partial charge in [-0.1, -0.05) is 121 Å². The van der Waals surface area contributed by atoms with E-state index in [1.54, 1.807) is 0 Å². The van der Waals surface area contributed by atoms with Crippen molar-refractivity contribution < 1.29 is 28.4 Å². The molecule has 12 heteroatoms. The zero-order valence-electron chi connectivity index (χ0n) is 27.2. The Hall–Kier alpha value is -5.36. The Morgan fingerprint density at radius 1 is 0.765 bits per heavy atom. The van der Waals surface area contributed by atoms with Gasteiger partial charge in [0.05, 0.1) is 6.54 Å². The number of thioether (sulfide) groups is 1. The second kappa shape index (κ2) is 15.7. The summed E-state index contributed by atoms with van der Waals surface area (Å²) < 4.78 is 18.9. The van der Waals surface area contributed by atoms with Crippen LogP contribution >= 0.6 is 24.2 Å². The number of nitrogens with two attached hydrogens (primary N) is 1. The molecule has 1 aromatic heterocycles. The first-order valence-corrected chi connectivity index (χ1v) is 17.1. The molecule has 2 N–H and O–H groups in total. The number of β-lactam (4-membered cyclic amide) rings is 1. The molecule has 5 aromatic rings. The SMILES string of the molecule is Cl.NC1C(=O)N2C(C(=O)OC(c3ccccc3)c3ccccc3)=C(Cn3oc(CC(=O)OC(c4ccccc4)c4ccccc4)cc3=O)CS[C@H]12. The Kier molecular flexibility index (Phi) is 10.9. The zero-order valence-corrected chi connectivity index (χ0v) is 28.8. The van der Waals surface area contributed by atoms with E-state index in [1.807, 2.05) is 121 Å². The van der Waals surface area contributed by atoms with Crippen LogP contribution in [0.1, 0.15) is 40.2 Å². The molecule has 0 saturated carbocycles. The third kappa shape index (κ3) is 7.56. The van der Waals surface area contributed by atoms with Crippen molar-refractivity contribution in [1.82, 2.24) is 9.64 Å². The lowest BCUT2D eigenvalue weighted by Crippen LogP contribution is -2.68. The molecule has 7 rings (SSSR count). The van der Waals surface area contributed by atoms with E-state index in [-0.39, 0.29) is 36.8 Å². The Morgan fingerprint density at radius 3 is 1.73 bits per heavy atom. The van der Waals surface area contributed by atoms with Crippen LogP contribution in [0.15, 0.2) is 148 Å². The molecule has 0 aliphatic carbocycles. The van der Waals surface area contributed by atoms with Gasteiger partial charge in [0.25, 0.3) is 5.56 Å². The summed E-state index contributed by atoms with van der Waals surface area (Å²) in [6.45, 7) is -0.144. The molecule has 1 amide bonds. The molecular formula is C39H34ClN3O7S. The topological polar surface area (TPSA) is 134 Å². The van der Waals surface area contributed by atoms with E-state index in [0.29, 0.717) is 11.3 Å². The maximum atomic E-state index is 14.1. The van der Waals surface area contributed by atoms with Crippen molar-refractivity contribution in [2.75, 3.05) is 5.75 Å². The second-order valence-electron chi connectivity index (χ2n) is 11.9. The maximum absolute atomic E-state index is 14.1.